The van der Waals surface area contributed by atoms with Gasteiger partial charge >= 0.3 is 0 Å². The van der Waals surface area contributed by atoms with E-state index in [0.29, 0.717) is 13.1 Å². The molecule has 0 amide bonds. The Morgan fingerprint density at radius 3 is 2.00 bits per heavy atom. The highest BCUT2D eigenvalue weighted by Gasteiger charge is 2.19. The number of hydrogen-bond donors (Lipinski definition) is 0. The van der Waals surface area contributed by atoms with Gasteiger partial charge in [-0.2, -0.15) is 10.5 Å². The maximum Gasteiger partial charge on any atom is 0.0874 e. The number of hydrogen-bond acceptors (Lipinski definition) is 3. The number of halogens is 1. The molecule has 3 nitrogen and oxygen atoms in total. The lowest BCUT2D eigenvalue weighted by Gasteiger charge is -2.27. The van der Waals surface area contributed by atoms with Crippen molar-refractivity contribution in [2.24, 2.45) is 5.41 Å². The highest BCUT2D eigenvalue weighted by atomic mass is 79.9. The molecule has 0 fully saturated rings. The molecule has 0 aliphatic carbocycles. The molecule has 0 bridgehead atoms. The lowest BCUT2D eigenvalue weighted by molar-refractivity contribution is 0.235. The van der Waals surface area contributed by atoms with Gasteiger partial charge < -0.3 is 0 Å². The number of nitriles is 2. The van der Waals surface area contributed by atoms with Crippen molar-refractivity contribution in [3.05, 3.63) is 0 Å². The minimum absolute atomic E-state index is 0.105. The predicted molar refractivity (Wildman–Crippen MR) is 55.2 cm³/mol. The molecule has 13 heavy (non-hydrogen) atoms. The Balaban J connectivity index is 4.11. The van der Waals surface area contributed by atoms with Crippen LogP contribution < -0.4 is 0 Å². The van der Waals surface area contributed by atoms with Crippen LogP contribution in [-0.2, 0) is 0 Å². The van der Waals surface area contributed by atoms with Gasteiger partial charge in [0, 0.05) is 11.9 Å². The van der Waals surface area contributed by atoms with Crippen molar-refractivity contribution in [1.29, 1.82) is 10.5 Å². The van der Waals surface area contributed by atoms with Crippen LogP contribution in [0, 0.1) is 28.1 Å². The fourth-order valence-corrected chi connectivity index (χ4v) is 1.19. The maximum atomic E-state index is 8.52. The summed E-state index contributed by atoms with van der Waals surface area (Å²) in [6.07, 6.45) is 0. The van der Waals surface area contributed by atoms with Gasteiger partial charge in [-0.05, 0) is 5.41 Å². The minimum atomic E-state index is 0.105. The molecule has 0 N–H and O–H groups in total. The summed E-state index contributed by atoms with van der Waals surface area (Å²) in [6.45, 7) is 5.61. The Kier molecular flexibility index (Phi) is 5.70. The van der Waals surface area contributed by atoms with Crippen molar-refractivity contribution in [3.63, 3.8) is 0 Å². The first-order valence-corrected chi connectivity index (χ1v) is 5.20. The summed E-state index contributed by atoms with van der Waals surface area (Å²) in [4.78, 5) is 1.85. The minimum Gasteiger partial charge on any atom is -0.277 e. The molecule has 0 unspecified atom stereocenters. The standard InChI is InChI=1S/C9H14BrN3/c1-9(2,7-10)8-13(5-3-11)6-4-12/h5-8H2,1-2H3. The van der Waals surface area contributed by atoms with Crippen molar-refractivity contribution < 1.29 is 0 Å². The smallest absolute Gasteiger partial charge is 0.0874 e. The van der Waals surface area contributed by atoms with Gasteiger partial charge in [0.15, 0.2) is 0 Å². The van der Waals surface area contributed by atoms with E-state index in [2.05, 4.69) is 41.9 Å². The Morgan fingerprint density at radius 2 is 1.69 bits per heavy atom. The SMILES string of the molecule is CC(C)(CBr)CN(CC#N)CC#N. The van der Waals surface area contributed by atoms with E-state index in [1.54, 1.807) is 0 Å². The molecular weight excluding hydrogens is 230 g/mol. The predicted octanol–water partition coefficient (Wildman–Crippen LogP) is 1.76. The molecule has 0 radical (unpaired) electrons. The summed E-state index contributed by atoms with van der Waals surface area (Å²) in [6, 6.07) is 4.12. The van der Waals surface area contributed by atoms with E-state index in [-0.39, 0.29) is 5.41 Å². The highest BCUT2D eigenvalue weighted by Crippen LogP contribution is 2.19. The highest BCUT2D eigenvalue weighted by molar-refractivity contribution is 9.09. The zero-order valence-corrected chi connectivity index (χ0v) is 9.63. The van der Waals surface area contributed by atoms with Gasteiger partial charge in [0.25, 0.3) is 0 Å². The average Bonchev–Trinajstić information content (AvgIpc) is 2.05. The molecule has 0 rings (SSSR count). The summed E-state index contributed by atoms with van der Waals surface area (Å²) in [7, 11) is 0. The van der Waals surface area contributed by atoms with Crippen molar-refractivity contribution >= 4 is 15.9 Å². The molecule has 0 aliphatic heterocycles. The van der Waals surface area contributed by atoms with E-state index in [4.69, 9.17) is 10.5 Å². The second-order valence-electron chi connectivity index (χ2n) is 3.76. The zero-order valence-electron chi connectivity index (χ0n) is 8.05. The maximum absolute atomic E-state index is 8.52. The quantitative estimate of drug-likeness (QED) is 0.547. The van der Waals surface area contributed by atoms with Crippen LogP contribution in [0.25, 0.3) is 0 Å². The summed E-state index contributed by atoms with van der Waals surface area (Å²) in [5.41, 5.74) is 0.105. The molecule has 0 aromatic carbocycles. The number of alkyl halides is 1. The third-order valence-corrected chi connectivity index (χ3v) is 3.12. The Hall–Kier alpha value is -0.580. The van der Waals surface area contributed by atoms with Crippen LogP contribution in [0.1, 0.15) is 13.8 Å². The summed E-state index contributed by atoms with van der Waals surface area (Å²) >= 11 is 3.41. The lowest BCUT2D eigenvalue weighted by Crippen LogP contribution is -2.35. The van der Waals surface area contributed by atoms with Gasteiger partial charge in [0.1, 0.15) is 0 Å². The van der Waals surface area contributed by atoms with Crippen LogP contribution in [0.4, 0.5) is 0 Å². The van der Waals surface area contributed by atoms with Gasteiger partial charge in [-0.1, -0.05) is 29.8 Å². The van der Waals surface area contributed by atoms with Crippen molar-refractivity contribution in [3.8, 4) is 12.1 Å². The van der Waals surface area contributed by atoms with Crippen molar-refractivity contribution in [2.75, 3.05) is 25.0 Å². The number of rotatable bonds is 5. The second kappa shape index (κ2) is 5.96. The van der Waals surface area contributed by atoms with E-state index in [1.165, 1.54) is 0 Å². The van der Waals surface area contributed by atoms with Gasteiger partial charge in [-0.15, -0.1) is 0 Å². The first-order valence-electron chi connectivity index (χ1n) is 4.08. The van der Waals surface area contributed by atoms with Gasteiger partial charge in [0.05, 0.1) is 25.2 Å². The van der Waals surface area contributed by atoms with Crippen molar-refractivity contribution in [2.45, 2.75) is 13.8 Å². The average molecular weight is 244 g/mol. The normalized spacial score (nSPS) is 10.9. The van der Waals surface area contributed by atoms with Crippen molar-refractivity contribution in [1.82, 2.24) is 4.90 Å². The molecule has 4 heteroatoms. The lowest BCUT2D eigenvalue weighted by atomic mass is 9.96. The zero-order chi connectivity index (χ0) is 10.3. The monoisotopic (exact) mass is 243 g/mol. The van der Waals surface area contributed by atoms with E-state index in [0.717, 1.165) is 11.9 Å². The van der Waals surface area contributed by atoms with E-state index >= 15 is 0 Å². The third-order valence-electron chi connectivity index (χ3n) is 1.60. The van der Waals surface area contributed by atoms with E-state index < -0.39 is 0 Å². The molecule has 0 aromatic rings. The fraction of sp³-hybridized carbons (Fsp3) is 0.778. The van der Waals surface area contributed by atoms with Crippen LogP contribution in [0.2, 0.25) is 0 Å². The van der Waals surface area contributed by atoms with E-state index in [1.807, 2.05) is 4.90 Å². The molecule has 0 spiro atoms. The molecule has 0 aromatic heterocycles. The summed E-state index contributed by atoms with van der Waals surface area (Å²) in [5, 5.41) is 17.9. The van der Waals surface area contributed by atoms with Crippen LogP contribution in [0.3, 0.4) is 0 Å². The Morgan fingerprint density at radius 1 is 1.23 bits per heavy atom. The largest absolute Gasteiger partial charge is 0.277 e. The van der Waals surface area contributed by atoms with Crippen LogP contribution >= 0.6 is 15.9 Å². The van der Waals surface area contributed by atoms with Gasteiger partial charge in [0.2, 0.25) is 0 Å². The Labute approximate surface area is 88.1 Å². The Bertz CT molecular complexity index is 208. The van der Waals surface area contributed by atoms with Gasteiger partial charge in [-0.25, -0.2) is 0 Å². The third kappa shape index (κ3) is 5.63. The first-order chi connectivity index (χ1) is 6.05. The van der Waals surface area contributed by atoms with Gasteiger partial charge in [-0.3, -0.25) is 4.90 Å². The fourth-order valence-electron chi connectivity index (χ4n) is 1.02. The summed E-state index contributed by atoms with van der Waals surface area (Å²) in [5.74, 6) is 0. The topological polar surface area (TPSA) is 50.8 Å². The molecule has 0 heterocycles. The second-order valence-corrected chi connectivity index (χ2v) is 4.32. The molecule has 0 aliphatic rings. The molecule has 0 atom stereocenters. The number of nitrogens with zero attached hydrogens (tertiary/aromatic N) is 3. The molecule has 0 saturated heterocycles. The summed E-state index contributed by atoms with van der Waals surface area (Å²) < 4.78 is 0. The first kappa shape index (κ1) is 12.4. The van der Waals surface area contributed by atoms with Crippen LogP contribution in [0.15, 0.2) is 0 Å². The molecule has 72 valence electrons. The van der Waals surface area contributed by atoms with Crippen LogP contribution in [0.5, 0.6) is 0 Å². The molecule has 0 saturated carbocycles. The van der Waals surface area contributed by atoms with E-state index in [9.17, 15) is 0 Å². The van der Waals surface area contributed by atoms with Crippen LogP contribution in [-0.4, -0.2) is 29.9 Å². The molecular formula is C9H14BrN3.